The molecule has 2 aromatic rings. The van der Waals surface area contributed by atoms with Crippen LogP contribution in [0.3, 0.4) is 0 Å². The normalized spacial score (nSPS) is 10.5. The number of pyridine rings is 1. The van der Waals surface area contributed by atoms with E-state index in [0.717, 1.165) is 24.4 Å². The number of nitrogens with one attached hydrogen (secondary N) is 1. The zero-order chi connectivity index (χ0) is 16.1. The molecule has 0 aliphatic heterocycles. The van der Waals surface area contributed by atoms with Crippen LogP contribution in [-0.2, 0) is 6.54 Å². The molecule has 1 amide bonds. The first-order valence-electron chi connectivity index (χ1n) is 7.01. The van der Waals surface area contributed by atoms with Crippen molar-refractivity contribution in [1.29, 1.82) is 0 Å². The SMILES string of the molecule is COc1ccc(C(=O)NCCCn2nc(C)cc2C)nc1I. The molecule has 0 aromatic carbocycles. The molecule has 118 valence electrons. The van der Waals surface area contributed by atoms with Crippen molar-refractivity contribution in [2.24, 2.45) is 0 Å². The van der Waals surface area contributed by atoms with Crippen molar-refractivity contribution in [3.63, 3.8) is 0 Å². The van der Waals surface area contributed by atoms with Crippen LogP contribution >= 0.6 is 22.6 Å². The summed E-state index contributed by atoms with van der Waals surface area (Å²) >= 11 is 2.05. The molecule has 0 fully saturated rings. The number of ether oxygens (including phenoxy) is 1. The zero-order valence-corrected chi connectivity index (χ0v) is 15.0. The Morgan fingerprint density at radius 3 is 2.77 bits per heavy atom. The second-order valence-corrected chi connectivity index (χ2v) is 5.97. The van der Waals surface area contributed by atoms with Gasteiger partial charge in [0.1, 0.15) is 9.39 Å². The second kappa shape index (κ2) is 7.57. The Morgan fingerprint density at radius 2 is 2.18 bits per heavy atom. The monoisotopic (exact) mass is 414 g/mol. The van der Waals surface area contributed by atoms with Crippen LogP contribution in [0.1, 0.15) is 28.3 Å². The van der Waals surface area contributed by atoms with Crippen LogP contribution in [0, 0.1) is 17.5 Å². The van der Waals surface area contributed by atoms with Crippen LogP contribution in [0.2, 0.25) is 0 Å². The highest BCUT2D eigenvalue weighted by atomic mass is 127. The number of halogens is 1. The molecule has 2 aromatic heterocycles. The predicted octanol–water partition coefficient (Wildman–Crippen LogP) is 2.33. The van der Waals surface area contributed by atoms with E-state index in [9.17, 15) is 4.79 Å². The number of carbonyl (C=O) groups excluding carboxylic acids is 1. The third-order valence-electron chi connectivity index (χ3n) is 3.20. The van der Waals surface area contributed by atoms with Crippen LogP contribution in [0.5, 0.6) is 5.75 Å². The van der Waals surface area contributed by atoms with Gasteiger partial charge in [-0.3, -0.25) is 9.48 Å². The van der Waals surface area contributed by atoms with Crippen molar-refractivity contribution in [2.75, 3.05) is 13.7 Å². The second-order valence-electron chi connectivity index (χ2n) is 4.95. The lowest BCUT2D eigenvalue weighted by atomic mass is 10.3. The molecule has 0 saturated carbocycles. The van der Waals surface area contributed by atoms with Crippen LogP contribution < -0.4 is 10.1 Å². The Hall–Kier alpha value is -1.64. The number of hydrogen-bond donors (Lipinski definition) is 1. The summed E-state index contributed by atoms with van der Waals surface area (Å²) in [5.41, 5.74) is 2.55. The molecule has 0 spiro atoms. The van der Waals surface area contributed by atoms with E-state index in [1.165, 1.54) is 0 Å². The number of carbonyl (C=O) groups is 1. The summed E-state index contributed by atoms with van der Waals surface area (Å²) in [6, 6.07) is 5.46. The molecular formula is C15H19IN4O2. The van der Waals surface area contributed by atoms with Gasteiger partial charge in [-0.1, -0.05) is 0 Å². The van der Waals surface area contributed by atoms with Gasteiger partial charge in [-0.15, -0.1) is 0 Å². The van der Waals surface area contributed by atoms with Crippen molar-refractivity contribution >= 4 is 28.5 Å². The van der Waals surface area contributed by atoms with Crippen molar-refractivity contribution < 1.29 is 9.53 Å². The number of hydrogen-bond acceptors (Lipinski definition) is 4. The Bertz CT molecular complexity index is 670. The summed E-state index contributed by atoms with van der Waals surface area (Å²) in [5.74, 6) is 0.496. The summed E-state index contributed by atoms with van der Waals surface area (Å²) in [5, 5.41) is 7.27. The summed E-state index contributed by atoms with van der Waals surface area (Å²) < 4.78 is 7.76. The number of rotatable bonds is 6. The van der Waals surface area contributed by atoms with E-state index >= 15 is 0 Å². The minimum Gasteiger partial charge on any atom is -0.494 e. The van der Waals surface area contributed by atoms with Crippen LogP contribution in [-0.4, -0.2) is 34.3 Å². The molecule has 0 unspecified atom stereocenters. The Labute approximate surface area is 143 Å². The van der Waals surface area contributed by atoms with Gasteiger partial charge in [0.15, 0.2) is 5.75 Å². The summed E-state index contributed by atoms with van der Waals surface area (Å²) in [6.07, 6.45) is 0.820. The predicted molar refractivity (Wildman–Crippen MR) is 92.2 cm³/mol. The smallest absolute Gasteiger partial charge is 0.269 e. The van der Waals surface area contributed by atoms with Gasteiger partial charge in [0.05, 0.1) is 12.8 Å². The lowest BCUT2D eigenvalue weighted by molar-refractivity contribution is 0.0947. The van der Waals surface area contributed by atoms with E-state index in [0.29, 0.717) is 21.7 Å². The maximum Gasteiger partial charge on any atom is 0.269 e. The molecule has 22 heavy (non-hydrogen) atoms. The van der Waals surface area contributed by atoms with Gasteiger partial charge >= 0.3 is 0 Å². The van der Waals surface area contributed by atoms with Crippen molar-refractivity contribution in [3.05, 3.63) is 39.0 Å². The van der Waals surface area contributed by atoms with Crippen LogP contribution in [0.25, 0.3) is 0 Å². The summed E-state index contributed by atoms with van der Waals surface area (Å²) in [7, 11) is 1.58. The van der Waals surface area contributed by atoms with E-state index in [-0.39, 0.29) is 5.91 Å². The largest absolute Gasteiger partial charge is 0.494 e. The van der Waals surface area contributed by atoms with Gasteiger partial charge in [0.25, 0.3) is 5.91 Å². The van der Waals surface area contributed by atoms with Crippen molar-refractivity contribution in [2.45, 2.75) is 26.8 Å². The maximum absolute atomic E-state index is 12.0. The van der Waals surface area contributed by atoms with E-state index in [2.05, 4.69) is 38.0 Å². The Balaban J connectivity index is 1.83. The Kier molecular flexibility index (Phi) is 5.76. The first-order valence-corrected chi connectivity index (χ1v) is 8.09. The third kappa shape index (κ3) is 4.19. The fourth-order valence-corrected chi connectivity index (χ4v) is 2.78. The highest BCUT2D eigenvalue weighted by molar-refractivity contribution is 14.1. The van der Waals surface area contributed by atoms with Crippen molar-refractivity contribution in [3.8, 4) is 5.75 Å². The molecule has 2 heterocycles. The minimum absolute atomic E-state index is 0.172. The van der Waals surface area contributed by atoms with Crippen molar-refractivity contribution in [1.82, 2.24) is 20.1 Å². The van der Waals surface area contributed by atoms with Crippen LogP contribution in [0.15, 0.2) is 18.2 Å². The molecular weight excluding hydrogens is 395 g/mol. The first-order chi connectivity index (χ1) is 10.5. The molecule has 0 aliphatic carbocycles. The number of aromatic nitrogens is 3. The van der Waals surface area contributed by atoms with E-state index < -0.39 is 0 Å². The molecule has 0 bridgehead atoms. The average molecular weight is 414 g/mol. The molecule has 2 rings (SSSR count). The lowest BCUT2D eigenvalue weighted by Gasteiger charge is -2.08. The van der Waals surface area contributed by atoms with Gasteiger partial charge in [0, 0.05) is 18.8 Å². The molecule has 6 nitrogen and oxygen atoms in total. The molecule has 0 atom stereocenters. The third-order valence-corrected chi connectivity index (χ3v) is 3.98. The summed E-state index contributed by atoms with van der Waals surface area (Å²) in [6.45, 7) is 5.37. The average Bonchev–Trinajstić information content (AvgIpc) is 2.81. The number of methoxy groups -OCH3 is 1. The van der Waals surface area contributed by atoms with Crippen LogP contribution in [0.4, 0.5) is 0 Å². The van der Waals surface area contributed by atoms with Gasteiger partial charge in [0.2, 0.25) is 0 Å². The van der Waals surface area contributed by atoms with Gasteiger partial charge < -0.3 is 10.1 Å². The fourth-order valence-electron chi connectivity index (χ4n) is 2.12. The Morgan fingerprint density at radius 1 is 1.41 bits per heavy atom. The molecule has 0 saturated heterocycles. The highest BCUT2D eigenvalue weighted by Crippen LogP contribution is 2.18. The number of amides is 1. The quantitative estimate of drug-likeness (QED) is 0.448. The fraction of sp³-hybridized carbons (Fsp3) is 0.400. The molecule has 7 heteroatoms. The molecule has 1 N–H and O–H groups in total. The first kappa shape index (κ1) is 16.7. The highest BCUT2D eigenvalue weighted by Gasteiger charge is 2.10. The topological polar surface area (TPSA) is 69.0 Å². The number of nitrogens with zero attached hydrogens (tertiary/aromatic N) is 3. The standard InChI is InChI=1S/C15H19IN4O2/c1-10-9-11(2)20(19-10)8-4-7-17-15(21)12-5-6-13(22-3)14(16)18-12/h5-6,9H,4,7-8H2,1-3H3,(H,17,21). The minimum atomic E-state index is -0.172. The lowest BCUT2D eigenvalue weighted by Crippen LogP contribution is -2.26. The summed E-state index contributed by atoms with van der Waals surface area (Å²) in [4.78, 5) is 16.3. The van der Waals surface area contributed by atoms with E-state index in [1.807, 2.05) is 24.6 Å². The molecule has 0 radical (unpaired) electrons. The van der Waals surface area contributed by atoms with Gasteiger partial charge in [-0.25, -0.2) is 4.98 Å². The maximum atomic E-state index is 12.0. The van der Waals surface area contributed by atoms with Gasteiger partial charge in [-0.05, 0) is 61.1 Å². The zero-order valence-electron chi connectivity index (χ0n) is 12.9. The van der Waals surface area contributed by atoms with E-state index in [1.54, 1.807) is 19.2 Å². The van der Waals surface area contributed by atoms with Gasteiger partial charge in [-0.2, -0.15) is 5.10 Å². The molecule has 0 aliphatic rings. The number of aryl methyl sites for hydroxylation is 3. The van der Waals surface area contributed by atoms with E-state index in [4.69, 9.17) is 4.74 Å².